The number of nitrogens with one attached hydrogen (secondary N) is 1. The molecule has 0 radical (unpaired) electrons. The number of fused-ring (bicyclic) bond motifs is 1. The molecule has 0 atom stereocenters. The van der Waals surface area contributed by atoms with Crippen LogP contribution in [0.15, 0.2) is 54.9 Å². The summed E-state index contributed by atoms with van der Waals surface area (Å²) in [4.78, 5) is 23.0. The molecule has 240 valence electrons. The molecular formula is C31H29F4N7O3S. The molecule has 10 nitrogen and oxygen atoms in total. The predicted molar refractivity (Wildman–Crippen MR) is 167 cm³/mol. The number of ketones is 1. The SMILES string of the molecule is CSN1CCN(c2cc3[nH]c(C(=O)c4cnn(-c5cnc(Oc6c(F)cccc6F)cc5C)c4N)cc3cc2OCC(F)F)CC1. The number of aryl methyl sites for hydroxylation is 1. The molecular weight excluding hydrogens is 626 g/mol. The third-order valence-electron chi connectivity index (χ3n) is 7.61. The molecule has 0 bridgehead atoms. The third-order valence-corrected chi connectivity index (χ3v) is 8.49. The molecule has 1 saturated heterocycles. The number of hydrogen-bond donors (Lipinski definition) is 2. The van der Waals surface area contributed by atoms with Gasteiger partial charge in [0, 0.05) is 43.1 Å². The topological polar surface area (TPSA) is 115 Å². The van der Waals surface area contributed by atoms with E-state index >= 15 is 0 Å². The van der Waals surface area contributed by atoms with Crippen LogP contribution in [-0.4, -0.2) is 75.3 Å². The Labute approximate surface area is 265 Å². The highest BCUT2D eigenvalue weighted by Crippen LogP contribution is 2.36. The first-order valence-electron chi connectivity index (χ1n) is 14.2. The van der Waals surface area contributed by atoms with E-state index in [2.05, 4.69) is 24.3 Å². The number of pyridine rings is 1. The molecule has 0 unspecified atom stereocenters. The van der Waals surface area contributed by atoms with Crippen LogP contribution in [0.2, 0.25) is 0 Å². The van der Waals surface area contributed by atoms with Gasteiger partial charge in [-0.1, -0.05) is 18.0 Å². The number of nitrogen functional groups attached to an aromatic ring is 1. The second kappa shape index (κ2) is 12.9. The number of carbonyl (C=O) groups is 1. The maximum Gasteiger partial charge on any atom is 0.272 e. The number of rotatable bonds is 10. The van der Waals surface area contributed by atoms with E-state index < -0.39 is 36.2 Å². The van der Waals surface area contributed by atoms with Crippen molar-refractivity contribution in [2.45, 2.75) is 13.3 Å². The van der Waals surface area contributed by atoms with Crippen LogP contribution in [0.5, 0.6) is 17.4 Å². The van der Waals surface area contributed by atoms with Gasteiger partial charge in [-0.3, -0.25) is 4.79 Å². The molecule has 0 saturated carbocycles. The van der Waals surface area contributed by atoms with E-state index in [1.165, 1.54) is 29.2 Å². The van der Waals surface area contributed by atoms with Crippen molar-refractivity contribution in [1.82, 2.24) is 24.1 Å². The van der Waals surface area contributed by atoms with Crippen molar-refractivity contribution in [3.8, 4) is 23.1 Å². The minimum absolute atomic E-state index is 0.0377. The minimum atomic E-state index is -2.64. The van der Waals surface area contributed by atoms with E-state index in [1.54, 1.807) is 37.1 Å². The van der Waals surface area contributed by atoms with E-state index in [-0.39, 0.29) is 23.0 Å². The Kier molecular flexibility index (Phi) is 8.77. The standard InChI is InChI=1S/C31H29F4N7O3S/c1-17-10-28(45-30-20(32)4-3-5-21(30)33)37-15-25(17)42-31(36)19(14-38-42)29(43)23-11-18-12-26(44-16-27(34)35)24(13-22(18)39-23)40-6-8-41(46-2)9-7-40/h3-5,10-15,27,39H,6-9,16,36H2,1-2H3. The first-order valence-corrected chi connectivity index (χ1v) is 15.4. The van der Waals surface area contributed by atoms with Crippen molar-refractivity contribution >= 4 is 40.1 Å². The summed E-state index contributed by atoms with van der Waals surface area (Å²) in [7, 11) is 0. The number of ether oxygens (including phenoxy) is 2. The molecule has 5 aromatic rings. The van der Waals surface area contributed by atoms with Crippen LogP contribution in [0.4, 0.5) is 29.1 Å². The second-order valence-corrected chi connectivity index (χ2v) is 11.4. The van der Waals surface area contributed by atoms with Crippen LogP contribution < -0.4 is 20.1 Å². The highest BCUT2D eigenvalue weighted by atomic mass is 32.2. The lowest BCUT2D eigenvalue weighted by Gasteiger charge is -2.35. The molecule has 1 fully saturated rings. The van der Waals surface area contributed by atoms with Crippen molar-refractivity contribution < 1.29 is 31.8 Å². The van der Waals surface area contributed by atoms with Crippen LogP contribution >= 0.6 is 11.9 Å². The number of hydrogen-bond acceptors (Lipinski definition) is 9. The van der Waals surface area contributed by atoms with Gasteiger partial charge < -0.3 is 25.1 Å². The summed E-state index contributed by atoms with van der Waals surface area (Å²) < 4.78 is 68.6. The smallest absolute Gasteiger partial charge is 0.272 e. The van der Waals surface area contributed by atoms with Crippen LogP contribution in [-0.2, 0) is 0 Å². The molecule has 0 spiro atoms. The van der Waals surface area contributed by atoms with E-state index in [1.807, 2.05) is 6.26 Å². The average molecular weight is 656 g/mol. The van der Waals surface area contributed by atoms with Crippen molar-refractivity contribution in [1.29, 1.82) is 0 Å². The molecule has 46 heavy (non-hydrogen) atoms. The van der Waals surface area contributed by atoms with Gasteiger partial charge in [-0.15, -0.1) is 0 Å². The number of benzene rings is 2. The van der Waals surface area contributed by atoms with Gasteiger partial charge in [0.15, 0.2) is 11.6 Å². The molecule has 4 heterocycles. The number of carbonyl (C=O) groups excluding carboxylic acids is 1. The first-order chi connectivity index (χ1) is 22.1. The molecule has 1 aliphatic heterocycles. The fourth-order valence-corrected chi connectivity index (χ4v) is 5.78. The number of para-hydroxylation sites is 1. The number of nitrogens with zero attached hydrogens (tertiary/aromatic N) is 5. The summed E-state index contributed by atoms with van der Waals surface area (Å²) in [6.45, 7) is 3.90. The Hall–Kier alpha value is -4.76. The Balaban J connectivity index is 1.27. The lowest BCUT2D eigenvalue weighted by atomic mass is 10.1. The molecule has 3 N–H and O–H groups in total. The lowest BCUT2D eigenvalue weighted by Crippen LogP contribution is -2.43. The van der Waals surface area contributed by atoms with Crippen molar-refractivity contribution in [3.63, 3.8) is 0 Å². The number of aromatic nitrogens is 4. The fourth-order valence-electron chi connectivity index (χ4n) is 5.25. The number of alkyl halides is 2. The normalized spacial score (nSPS) is 13.9. The largest absolute Gasteiger partial charge is 0.485 e. The first kappa shape index (κ1) is 31.2. The predicted octanol–water partition coefficient (Wildman–Crippen LogP) is 5.98. The number of halogens is 4. The van der Waals surface area contributed by atoms with Crippen LogP contribution in [0.1, 0.15) is 21.6 Å². The van der Waals surface area contributed by atoms with Gasteiger partial charge in [0.1, 0.15) is 18.2 Å². The summed E-state index contributed by atoms with van der Waals surface area (Å²) in [5.41, 5.74) is 8.98. The van der Waals surface area contributed by atoms with Crippen LogP contribution in [0.25, 0.3) is 16.6 Å². The maximum atomic E-state index is 14.0. The zero-order valence-corrected chi connectivity index (χ0v) is 25.6. The van der Waals surface area contributed by atoms with Gasteiger partial charge in [0.25, 0.3) is 6.43 Å². The molecule has 0 aliphatic carbocycles. The van der Waals surface area contributed by atoms with E-state index in [4.69, 9.17) is 15.2 Å². The van der Waals surface area contributed by atoms with Gasteiger partial charge in [0.2, 0.25) is 17.4 Å². The summed E-state index contributed by atoms with van der Waals surface area (Å²) in [5, 5.41) is 4.89. The van der Waals surface area contributed by atoms with Gasteiger partial charge >= 0.3 is 0 Å². The number of H-pyrrole nitrogens is 1. The second-order valence-electron chi connectivity index (χ2n) is 10.5. The highest BCUT2D eigenvalue weighted by molar-refractivity contribution is 7.96. The summed E-state index contributed by atoms with van der Waals surface area (Å²) >= 11 is 1.65. The Morgan fingerprint density at radius 3 is 2.48 bits per heavy atom. The van der Waals surface area contributed by atoms with E-state index in [9.17, 15) is 22.4 Å². The molecule has 15 heteroatoms. The molecule has 0 amide bonds. The maximum absolute atomic E-state index is 14.0. The van der Waals surface area contributed by atoms with Gasteiger partial charge in [-0.2, -0.15) is 5.10 Å². The number of aromatic amines is 1. The van der Waals surface area contributed by atoms with Gasteiger partial charge in [-0.05, 0) is 49.1 Å². The highest BCUT2D eigenvalue weighted by Gasteiger charge is 2.24. The molecule has 3 aromatic heterocycles. The number of anilines is 2. The summed E-state index contributed by atoms with van der Waals surface area (Å²) in [5.74, 6) is -2.47. The molecule has 6 rings (SSSR count). The van der Waals surface area contributed by atoms with Crippen molar-refractivity contribution in [2.75, 3.05) is 49.7 Å². The minimum Gasteiger partial charge on any atom is -0.485 e. The zero-order chi connectivity index (χ0) is 32.5. The Morgan fingerprint density at radius 2 is 1.80 bits per heavy atom. The summed E-state index contributed by atoms with van der Waals surface area (Å²) in [6, 6.07) is 9.91. The molecule has 1 aliphatic rings. The zero-order valence-electron chi connectivity index (χ0n) is 24.8. The van der Waals surface area contributed by atoms with Gasteiger partial charge in [0.05, 0.1) is 35.0 Å². The number of piperazine rings is 1. The monoisotopic (exact) mass is 655 g/mol. The van der Waals surface area contributed by atoms with E-state index in [0.29, 0.717) is 46.7 Å². The van der Waals surface area contributed by atoms with Crippen molar-refractivity contribution in [2.24, 2.45) is 0 Å². The van der Waals surface area contributed by atoms with Crippen molar-refractivity contribution in [3.05, 3.63) is 83.3 Å². The molecule has 2 aromatic carbocycles. The van der Waals surface area contributed by atoms with Gasteiger partial charge in [-0.25, -0.2) is 31.5 Å². The fraction of sp³-hybridized carbons (Fsp3) is 0.258. The Bertz CT molecular complexity index is 1890. The average Bonchev–Trinajstić information content (AvgIpc) is 3.64. The Morgan fingerprint density at radius 1 is 1.07 bits per heavy atom. The number of nitrogens with two attached hydrogens (primary N) is 1. The van der Waals surface area contributed by atoms with Crippen LogP contribution in [0, 0.1) is 18.6 Å². The van der Waals surface area contributed by atoms with Crippen LogP contribution in [0.3, 0.4) is 0 Å². The summed E-state index contributed by atoms with van der Waals surface area (Å²) in [6.07, 6.45) is 2.06. The lowest BCUT2D eigenvalue weighted by molar-refractivity contribution is 0.0821. The quantitative estimate of drug-likeness (QED) is 0.107. The third kappa shape index (κ3) is 6.20. The van der Waals surface area contributed by atoms with E-state index in [0.717, 1.165) is 25.2 Å².